The molecule has 0 atom stereocenters. The van der Waals surface area contributed by atoms with Crippen molar-refractivity contribution in [1.29, 1.82) is 0 Å². The van der Waals surface area contributed by atoms with E-state index < -0.39 is 0 Å². The molecule has 0 aliphatic carbocycles. The number of ether oxygens (including phenoxy) is 1. The van der Waals surface area contributed by atoms with Crippen molar-refractivity contribution in [2.24, 2.45) is 0 Å². The summed E-state index contributed by atoms with van der Waals surface area (Å²) in [5.74, 6) is 0.228. The van der Waals surface area contributed by atoms with Crippen molar-refractivity contribution in [3.63, 3.8) is 0 Å². The number of thiophene rings is 1. The summed E-state index contributed by atoms with van der Waals surface area (Å²) in [5.41, 5.74) is 0. The van der Waals surface area contributed by atoms with E-state index in [9.17, 15) is 9.18 Å². The van der Waals surface area contributed by atoms with Crippen molar-refractivity contribution < 1.29 is 13.9 Å². The molecule has 0 saturated heterocycles. The summed E-state index contributed by atoms with van der Waals surface area (Å²) in [5, 5.41) is 0. The van der Waals surface area contributed by atoms with E-state index >= 15 is 0 Å². The summed E-state index contributed by atoms with van der Waals surface area (Å²) in [6.45, 7) is 0.798. The molecule has 112 valence electrons. The van der Waals surface area contributed by atoms with Crippen molar-refractivity contribution in [1.82, 2.24) is 4.90 Å². The molecule has 0 saturated carbocycles. The third kappa shape index (κ3) is 5.02. The number of carbonyl (C=O) groups excluding carboxylic acids is 1. The van der Waals surface area contributed by atoms with Gasteiger partial charge in [-0.3, -0.25) is 4.79 Å². The number of benzene rings is 1. The zero-order valence-electron chi connectivity index (χ0n) is 11.5. The van der Waals surface area contributed by atoms with Crippen LogP contribution >= 0.6 is 22.9 Å². The summed E-state index contributed by atoms with van der Waals surface area (Å²) in [4.78, 5) is 14.6. The van der Waals surface area contributed by atoms with E-state index in [0.717, 1.165) is 4.88 Å². The third-order valence-corrected chi connectivity index (χ3v) is 4.06. The van der Waals surface area contributed by atoms with Gasteiger partial charge in [0, 0.05) is 11.9 Å². The molecule has 2 aromatic rings. The lowest BCUT2D eigenvalue weighted by Gasteiger charge is -2.16. The number of rotatable bonds is 6. The number of halogens is 2. The van der Waals surface area contributed by atoms with Crippen LogP contribution in [-0.2, 0) is 11.3 Å². The van der Waals surface area contributed by atoms with Gasteiger partial charge in [-0.25, -0.2) is 4.39 Å². The number of amides is 1. The van der Waals surface area contributed by atoms with E-state index in [0.29, 0.717) is 16.6 Å². The monoisotopic (exact) mass is 327 g/mol. The number of hydrogen-bond acceptors (Lipinski definition) is 3. The second-order valence-electron chi connectivity index (χ2n) is 4.51. The van der Waals surface area contributed by atoms with Crippen molar-refractivity contribution in [3.05, 3.63) is 51.4 Å². The van der Waals surface area contributed by atoms with Crippen LogP contribution in [0.1, 0.15) is 11.3 Å². The molecule has 0 radical (unpaired) electrons. The standard InChI is InChI=1S/C15H15ClFNO2S/c1-18(10-13-6-7-14(16)21-13)15(19)8-9-20-12-4-2-11(17)3-5-12/h2-7H,8-10H2,1H3. The topological polar surface area (TPSA) is 29.5 Å². The van der Waals surface area contributed by atoms with Gasteiger partial charge in [0.1, 0.15) is 11.6 Å². The van der Waals surface area contributed by atoms with Crippen LogP contribution in [0.25, 0.3) is 0 Å². The van der Waals surface area contributed by atoms with Gasteiger partial charge < -0.3 is 9.64 Å². The van der Waals surface area contributed by atoms with E-state index in [1.54, 1.807) is 11.9 Å². The maximum atomic E-state index is 12.7. The minimum atomic E-state index is -0.312. The van der Waals surface area contributed by atoms with E-state index in [1.165, 1.54) is 35.6 Å². The predicted molar refractivity (Wildman–Crippen MR) is 82.3 cm³/mol. The minimum absolute atomic E-state index is 0.0124. The van der Waals surface area contributed by atoms with Gasteiger partial charge in [0.15, 0.2) is 0 Å². The van der Waals surface area contributed by atoms with Gasteiger partial charge in [-0.15, -0.1) is 11.3 Å². The van der Waals surface area contributed by atoms with Crippen LogP contribution in [0, 0.1) is 5.82 Å². The fourth-order valence-corrected chi connectivity index (χ4v) is 2.88. The molecule has 1 aromatic heterocycles. The number of carbonyl (C=O) groups is 1. The van der Waals surface area contributed by atoms with Crippen LogP contribution in [0.15, 0.2) is 36.4 Å². The molecule has 3 nitrogen and oxygen atoms in total. The molecular weight excluding hydrogens is 313 g/mol. The molecule has 21 heavy (non-hydrogen) atoms. The Morgan fingerprint density at radius 1 is 1.29 bits per heavy atom. The van der Waals surface area contributed by atoms with Crippen molar-refractivity contribution >= 4 is 28.8 Å². The summed E-state index contributed by atoms with van der Waals surface area (Å²) in [6, 6.07) is 9.45. The van der Waals surface area contributed by atoms with Gasteiger partial charge in [0.25, 0.3) is 0 Å². The molecule has 0 unspecified atom stereocenters. The average Bonchev–Trinajstić information content (AvgIpc) is 2.86. The second-order valence-corrected chi connectivity index (χ2v) is 6.31. The van der Waals surface area contributed by atoms with Crippen LogP contribution < -0.4 is 4.74 Å². The molecule has 0 bridgehead atoms. The molecule has 0 spiro atoms. The highest BCUT2D eigenvalue weighted by molar-refractivity contribution is 7.16. The van der Waals surface area contributed by atoms with Crippen molar-refractivity contribution in [2.75, 3.05) is 13.7 Å². The Bertz CT molecular complexity index is 600. The lowest BCUT2D eigenvalue weighted by molar-refractivity contribution is -0.130. The van der Waals surface area contributed by atoms with Crippen LogP contribution in [-0.4, -0.2) is 24.5 Å². The van der Waals surface area contributed by atoms with Crippen LogP contribution in [0.2, 0.25) is 4.34 Å². The van der Waals surface area contributed by atoms with Gasteiger partial charge in [0.05, 0.1) is 23.9 Å². The van der Waals surface area contributed by atoms with Crippen LogP contribution in [0.3, 0.4) is 0 Å². The molecule has 2 rings (SSSR count). The van der Waals surface area contributed by atoms with Crippen molar-refractivity contribution in [3.8, 4) is 5.75 Å². The number of hydrogen-bond donors (Lipinski definition) is 0. The first-order chi connectivity index (χ1) is 10.0. The highest BCUT2D eigenvalue weighted by Gasteiger charge is 2.10. The Morgan fingerprint density at radius 3 is 2.62 bits per heavy atom. The van der Waals surface area contributed by atoms with Crippen LogP contribution in [0.5, 0.6) is 5.75 Å². The maximum absolute atomic E-state index is 12.7. The van der Waals surface area contributed by atoms with E-state index in [-0.39, 0.29) is 24.8 Å². The number of nitrogens with zero attached hydrogens (tertiary/aromatic N) is 1. The Morgan fingerprint density at radius 2 is 2.00 bits per heavy atom. The molecule has 6 heteroatoms. The first-order valence-electron chi connectivity index (χ1n) is 6.41. The first-order valence-corrected chi connectivity index (χ1v) is 7.60. The van der Waals surface area contributed by atoms with E-state index in [2.05, 4.69) is 0 Å². The smallest absolute Gasteiger partial charge is 0.226 e. The summed E-state index contributed by atoms with van der Waals surface area (Å²) < 4.78 is 18.8. The lowest BCUT2D eigenvalue weighted by atomic mass is 10.3. The fourth-order valence-electron chi connectivity index (χ4n) is 1.74. The first kappa shape index (κ1) is 15.8. The fraction of sp³-hybridized carbons (Fsp3) is 0.267. The Kier molecular flexibility index (Phi) is 5.59. The highest BCUT2D eigenvalue weighted by atomic mass is 35.5. The predicted octanol–water partition coefficient (Wildman–Crippen LogP) is 3.97. The zero-order valence-corrected chi connectivity index (χ0v) is 13.1. The molecule has 0 aliphatic heterocycles. The normalized spacial score (nSPS) is 10.4. The van der Waals surface area contributed by atoms with Crippen molar-refractivity contribution in [2.45, 2.75) is 13.0 Å². The maximum Gasteiger partial charge on any atom is 0.226 e. The summed E-state index contributed by atoms with van der Waals surface area (Å²) in [7, 11) is 1.74. The SMILES string of the molecule is CN(Cc1ccc(Cl)s1)C(=O)CCOc1ccc(F)cc1. The van der Waals surface area contributed by atoms with E-state index in [4.69, 9.17) is 16.3 Å². The Balaban J connectivity index is 1.74. The molecule has 1 aromatic carbocycles. The van der Waals surface area contributed by atoms with Gasteiger partial charge in [-0.2, -0.15) is 0 Å². The van der Waals surface area contributed by atoms with Gasteiger partial charge >= 0.3 is 0 Å². The molecule has 0 N–H and O–H groups in total. The van der Waals surface area contributed by atoms with Gasteiger partial charge in [-0.05, 0) is 36.4 Å². The van der Waals surface area contributed by atoms with Gasteiger partial charge in [-0.1, -0.05) is 11.6 Å². The zero-order chi connectivity index (χ0) is 15.2. The van der Waals surface area contributed by atoms with Gasteiger partial charge in [0.2, 0.25) is 5.91 Å². The molecule has 1 heterocycles. The Labute approximate surface area is 131 Å². The van der Waals surface area contributed by atoms with Crippen LogP contribution in [0.4, 0.5) is 4.39 Å². The molecule has 0 fully saturated rings. The third-order valence-electron chi connectivity index (χ3n) is 2.85. The minimum Gasteiger partial charge on any atom is -0.493 e. The Hall–Kier alpha value is -1.59. The second kappa shape index (κ2) is 7.43. The highest BCUT2D eigenvalue weighted by Crippen LogP contribution is 2.22. The molecule has 0 aliphatic rings. The molecule has 1 amide bonds. The largest absolute Gasteiger partial charge is 0.493 e. The van der Waals surface area contributed by atoms with E-state index in [1.807, 2.05) is 12.1 Å². The summed E-state index contributed by atoms with van der Waals surface area (Å²) in [6.07, 6.45) is 0.271. The average molecular weight is 328 g/mol. The molecular formula is C15H15ClFNO2S. The summed E-state index contributed by atoms with van der Waals surface area (Å²) >= 11 is 7.31. The quantitative estimate of drug-likeness (QED) is 0.803. The lowest BCUT2D eigenvalue weighted by Crippen LogP contribution is -2.27.